The molecule has 0 aromatic carbocycles. The minimum absolute atomic E-state index is 0.117. The average molecular weight is 208 g/mol. The van der Waals surface area contributed by atoms with Gasteiger partial charge in [0.15, 0.2) is 12.4 Å². The fourth-order valence-corrected chi connectivity index (χ4v) is 0.878. The van der Waals surface area contributed by atoms with E-state index in [4.69, 9.17) is 4.42 Å². The van der Waals surface area contributed by atoms with Gasteiger partial charge in [0.25, 0.3) is 0 Å². The lowest BCUT2D eigenvalue weighted by molar-refractivity contribution is -0.153. The lowest BCUT2D eigenvalue weighted by Crippen LogP contribution is -2.18. The molecule has 0 bridgehead atoms. The van der Waals surface area contributed by atoms with Crippen LogP contribution in [-0.2, 0) is 0 Å². The molecule has 0 radical (unpaired) electrons. The fourth-order valence-electron chi connectivity index (χ4n) is 0.878. The second kappa shape index (κ2) is 3.94. The van der Waals surface area contributed by atoms with E-state index in [1.807, 2.05) is 13.8 Å². The van der Waals surface area contributed by atoms with Crippen LogP contribution in [-0.4, -0.2) is 12.8 Å². The molecule has 0 saturated carbocycles. The van der Waals surface area contributed by atoms with Crippen molar-refractivity contribution in [2.24, 2.45) is 0 Å². The first kappa shape index (κ1) is 10.9. The number of rotatable bonds is 3. The maximum absolute atomic E-state index is 11.8. The number of halogens is 3. The van der Waals surface area contributed by atoms with E-state index in [0.717, 1.165) is 0 Å². The molecule has 1 aromatic heterocycles. The first-order valence-electron chi connectivity index (χ1n) is 4.16. The normalized spacial score (nSPS) is 12.1. The molecule has 0 unspecified atom stereocenters. The van der Waals surface area contributed by atoms with Gasteiger partial charge in [-0.05, 0) is 0 Å². The van der Waals surface area contributed by atoms with Crippen molar-refractivity contribution in [1.82, 2.24) is 0 Å². The highest BCUT2D eigenvalue weighted by Crippen LogP contribution is 2.24. The van der Waals surface area contributed by atoms with E-state index >= 15 is 0 Å². The van der Waals surface area contributed by atoms with Gasteiger partial charge in [0, 0.05) is 12.0 Å². The molecule has 0 saturated heterocycles. The molecule has 0 spiro atoms. The van der Waals surface area contributed by atoms with Crippen LogP contribution in [0.5, 0.6) is 5.75 Å². The summed E-state index contributed by atoms with van der Waals surface area (Å²) in [5.74, 6) is 0.867. The van der Waals surface area contributed by atoms with Gasteiger partial charge in [0.2, 0.25) is 0 Å². The van der Waals surface area contributed by atoms with E-state index in [9.17, 15) is 13.2 Å². The van der Waals surface area contributed by atoms with Crippen molar-refractivity contribution < 1.29 is 22.3 Å². The maximum atomic E-state index is 11.8. The van der Waals surface area contributed by atoms with Gasteiger partial charge < -0.3 is 9.15 Å². The first-order valence-corrected chi connectivity index (χ1v) is 4.16. The summed E-state index contributed by atoms with van der Waals surface area (Å²) in [6.07, 6.45) is -3.13. The van der Waals surface area contributed by atoms with Crippen molar-refractivity contribution in [3.05, 3.63) is 18.1 Å². The van der Waals surface area contributed by atoms with Crippen LogP contribution in [0.1, 0.15) is 25.5 Å². The Hall–Kier alpha value is -1.13. The average Bonchev–Trinajstić information content (AvgIpc) is 2.47. The van der Waals surface area contributed by atoms with Gasteiger partial charge >= 0.3 is 6.18 Å². The third-order valence-corrected chi connectivity index (χ3v) is 1.57. The van der Waals surface area contributed by atoms with Gasteiger partial charge in [-0.15, -0.1) is 0 Å². The van der Waals surface area contributed by atoms with Crippen LogP contribution in [0.4, 0.5) is 13.2 Å². The Labute approximate surface area is 79.7 Å². The van der Waals surface area contributed by atoms with E-state index in [-0.39, 0.29) is 11.7 Å². The minimum atomic E-state index is -4.31. The first-order chi connectivity index (χ1) is 6.38. The molecule has 1 heterocycles. The van der Waals surface area contributed by atoms with Crippen LogP contribution in [0.2, 0.25) is 0 Å². The van der Waals surface area contributed by atoms with Crippen molar-refractivity contribution in [3.63, 3.8) is 0 Å². The monoisotopic (exact) mass is 208 g/mol. The summed E-state index contributed by atoms with van der Waals surface area (Å²) in [5.41, 5.74) is 0. The Balaban J connectivity index is 2.52. The highest BCUT2D eigenvalue weighted by molar-refractivity contribution is 5.21. The Kier molecular flexibility index (Phi) is 3.08. The van der Waals surface area contributed by atoms with Crippen molar-refractivity contribution in [2.45, 2.75) is 25.9 Å². The topological polar surface area (TPSA) is 22.4 Å². The van der Waals surface area contributed by atoms with E-state index in [0.29, 0.717) is 5.76 Å². The highest BCUT2D eigenvalue weighted by Gasteiger charge is 2.28. The van der Waals surface area contributed by atoms with Gasteiger partial charge in [-0.1, -0.05) is 13.8 Å². The van der Waals surface area contributed by atoms with Gasteiger partial charge in [-0.3, -0.25) is 0 Å². The molecule has 0 amide bonds. The predicted molar refractivity (Wildman–Crippen MR) is 44.3 cm³/mol. The van der Waals surface area contributed by atoms with Crippen LogP contribution >= 0.6 is 0 Å². The second-order valence-corrected chi connectivity index (χ2v) is 3.24. The lowest BCUT2D eigenvalue weighted by Gasteiger charge is -2.05. The lowest BCUT2D eigenvalue weighted by atomic mass is 10.2. The fraction of sp³-hybridized carbons (Fsp3) is 0.556. The molecule has 2 nitrogen and oxygen atoms in total. The third kappa shape index (κ3) is 3.32. The maximum Gasteiger partial charge on any atom is 0.422 e. The molecular formula is C9H11F3O2. The van der Waals surface area contributed by atoms with Gasteiger partial charge in [-0.25, -0.2) is 0 Å². The summed E-state index contributed by atoms with van der Waals surface area (Å²) in [4.78, 5) is 0. The number of hydrogen-bond donors (Lipinski definition) is 0. The van der Waals surface area contributed by atoms with Crippen LogP contribution in [0.3, 0.4) is 0 Å². The van der Waals surface area contributed by atoms with E-state index in [1.165, 1.54) is 12.3 Å². The van der Waals surface area contributed by atoms with Crippen LogP contribution in [0, 0.1) is 0 Å². The van der Waals surface area contributed by atoms with Gasteiger partial charge in [0.05, 0.1) is 0 Å². The van der Waals surface area contributed by atoms with Gasteiger partial charge in [-0.2, -0.15) is 13.2 Å². The zero-order chi connectivity index (χ0) is 10.8. The molecule has 0 aliphatic heterocycles. The van der Waals surface area contributed by atoms with E-state index < -0.39 is 12.8 Å². The highest BCUT2D eigenvalue weighted by atomic mass is 19.4. The van der Waals surface area contributed by atoms with E-state index in [2.05, 4.69) is 4.74 Å². The predicted octanol–water partition coefficient (Wildman–Crippen LogP) is 3.34. The number of hydrogen-bond acceptors (Lipinski definition) is 2. The van der Waals surface area contributed by atoms with Crippen LogP contribution in [0.15, 0.2) is 16.7 Å². The number of alkyl halides is 3. The van der Waals surface area contributed by atoms with Crippen molar-refractivity contribution in [2.75, 3.05) is 6.61 Å². The van der Waals surface area contributed by atoms with Gasteiger partial charge in [0.1, 0.15) is 12.0 Å². The Morgan fingerprint density at radius 3 is 2.50 bits per heavy atom. The Morgan fingerprint density at radius 1 is 1.43 bits per heavy atom. The zero-order valence-corrected chi connectivity index (χ0v) is 7.89. The summed E-state index contributed by atoms with van der Waals surface area (Å²) >= 11 is 0. The molecule has 1 aromatic rings. The minimum Gasteiger partial charge on any atom is -0.481 e. The third-order valence-electron chi connectivity index (χ3n) is 1.57. The number of furan rings is 1. The Bertz CT molecular complexity index is 288. The molecule has 0 N–H and O–H groups in total. The second-order valence-electron chi connectivity index (χ2n) is 3.24. The van der Waals surface area contributed by atoms with E-state index in [1.54, 1.807) is 0 Å². The summed E-state index contributed by atoms with van der Waals surface area (Å²) in [5, 5.41) is 0. The molecule has 0 fully saturated rings. The quantitative estimate of drug-likeness (QED) is 0.760. The summed E-state index contributed by atoms with van der Waals surface area (Å²) in [6, 6.07) is 1.47. The molecule has 0 aliphatic carbocycles. The van der Waals surface area contributed by atoms with Crippen molar-refractivity contribution in [3.8, 4) is 5.75 Å². The van der Waals surface area contributed by atoms with Crippen LogP contribution in [0.25, 0.3) is 0 Å². The molecule has 1 rings (SSSR count). The molecule has 80 valence electrons. The Morgan fingerprint density at radius 2 is 2.07 bits per heavy atom. The standard InChI is InChI=1S/C9H11F3O2/c1-6(2)8-3-7(4-13-8)14-5-9(10,11)12/h3-4,6H,5H2,1-2H3. The number of ether oxygens (including phenoxy) is 1. The molecule has 0 atom stereocenters. The smallest absolute Gasteiger partial charge is 0.422 e. The van der Waals surface area contributed by atoms with Crippen LogP contribution < -0.4 is 4.74 Å². The molecular weight excluding hydrogens is 197 g/mol. The molecule has 5 heteroatoms. The summed E-state index contributed by atoms with van der Waals surface area (Å²) in [7, 11) is 0. The van der Waals surface area contributed by atoms with Crippen molar-refractivity contribution in [1.29, 1.82) is 0 Å². The van der Waals surface area contributed by atoms with Crippen molar-refractivity contribution >= 4 is 0 Å². The largest absolute Gasteiger partial charge is 0.481 e. The summed E-state index contributed by atoms with van der Waals surface area (Å²) < 4.78 is 44.7. The summed E-state index contributed by atoms with van der Waals surface area (Å²) in [6.45, 7) is 2.48. The zero-order valence-electron chi connectivity index (χ0n) is 7.89. The molecule has 14 heavy (non-hydrogen) atoms. The SMILES string of the molecule is CC(C)c1cc(OCC(F)(F)F)co1. The molecule has 0 aliphatic rings.